The Morgan fingerprint density at radius 2 is 1.97 bits per heavy atom. The molecular formula is C26H27N3O5S2. The van der Waals surface area contributed by atoms with Crippen molar-refractivity contribution in [2.24, 2.45) is 0 Å². The SMILES string of the molecule is COc1cccc2sc(N(Cc3ccco3)C(=O)c3ccc(S(=O)(=O)N4CCCCC4C)cc3)nc12. The van der Waals surface area contributed by atoms with Gasteiger partial charge in [-0.15, -0.1) is 0 Å². The second kappa shape index (κ2) is 10.0. The van der Waals surface area contributed by atoms with Crippen molar-refractivity contribution in [1.82, 2.24) is 9.29 Å². The van der Waals surface area contributed by atoms with Crippen molar-refractivity contribution in [2.45, 2.75) is 43.7 Å². The molecule has 1 unspecified atom stereocenters. The highest BCUT2D eigenvalue weighted by Gasteiger charge is 2.31. The molecule has 36 heavy (non-hydrogen) atoms. The fourth-order valence-electron chi connectivity index (χ4n) is 4.47. The molecule has 2 aromatic carbocycles. The Balaban J connectivity index is 1.47. The van der Waals surface area contributed by atoms with Gasteiger partial charge in [-0.05, 0) is 68.3 Å². The zero-order valence-corrected chi connectivity index (χ0v) is 21.7. The van der Waals surface area contributed by atoms with Crippen LogP contribution in [0.5, 0.6) is 5.75 Å². The molecule has 0 spiro atoms. The lowest BCUT2D eigenvalue weighted by atomic mass is 10.1. The third-order valence-corrected chi connectivity index (χ3v) is 9.48. The van der Waals surface area contributed by atoms with Gasteiger partial charge in [-0.1, -0.05) is 23.8 Å². The van der Waals surface area contributed by atoms with Gasteiger partial charge in [0.25, 0.3) is 5.91 Å². The summed E-state index contributed by atoms with van der Waals surface area (Å²) in [5, 5.41) is 0.495. The molecule has 10 heteroatoms. The van der Waals surface area contributed by atoms with Crippen molar-refractivity contribution >= 4 is 42.6 Å². The highest BCUT2D eigenvalue weighted by molar-refractivity contribution is 7.89. The molecule has 1 atom stereocenters. The average molecular weight is 526 g/mol. The Hall–Kier alpha value is -3.21. The minimum atomic E-state index is -3.62. The fourth-order valence-corrected chi connectivity index (χ4v) is 7.15. The van der Waals surface area contributed by atoms with Crippen molar-refractivity contribution in [3.63, 3.8) is 0 Å². The zero-order valence-electron chi connectivity index (χ0n) is 20.1. The lowest BCUT2D eigenvalue weighted by Crippen LogP contribution is -2.41. The van der Waals surface area contributed by atoms with Crippen LogP contribution in [0.15, 0.2) is 70.2 Å². The summed E-state index contributed by atoms with van der Waals surface area (Å²) in [6.07, 6.45) is 4.30. The Morgan fingerprint density at radius 3 is 2.67 bits per heavy atom. The second-order valence-corrected chi connectivity index (χ2v) is 11.7. The summed E-state index contributed by atoms with van der Waals surface area (Å²) in [5.41, 5.74) is 1.03. The fraction of sp³-hybridized carbons (Fsp3) is 0.308. The minimum absolute atomic E-state index is 0.0372. The molecule has 0 saturated carbocycles. The van der Waals surface area contributed by atoms with Crippen molar-refractivity contribution in [1.29, 1.82) is 0 Å². The van der Waals surface area contributed by atoms with Crippen molar-refractivity contribution in [3.05, 3.63) is 72.2 Å². The number of ether oxygens (including phenoxy) is 1. The number of methoxy groups -OCH3 is 1. The van der Waals surface area contributed by atoms with Crippen LogP contribution in [0.3, 0.4) is 0 Å². The Bertz CT molecular complexity index is 1460. The summed E-state index contributed by atoms with van der Waals surface area (Å²) >= 11 is 1.38. The van der Waals surface area contributed by atoms with Crippen LogP contribution in [0.4, 0.5) is 5.13 Å². The van der Waals surface area contributed by atoms with E-state index in [0.717, 1.165) is 24.0 Å². The van der Waals surface area contributed by atoms with Crippen molar-refractivity contribution < 1.29 is 22.4 Å². The molecule has 188 valence electrons. The summed E-state index contributed by atoms with van der Waals surface area (Å²) in [6.45, 7) is 2.63. The number of anilines is 1. The first-order valence-electron chi connectivity index (χ1n) is 11.8. The van der Waals surface area contributed by atoms with E-state index in [9.17, 15) is 13.2 Å². The van der Waals surface area contributed by atoms with Gasteiger partial charge in [0.15, 0.2) is 5.13 Å². The van der Waals surface area contributed by atoms with E-state index in [-0.39, 0.29) is 23.4 Å². The molecule has 3 heterocycles. The maximum atomic E-state index is 13.7. The van der Waals surface area contributed by atoms with Crippen LogP contribution in [0, 0.1) is 0 Å². The lowest BCUT2D eigenvalue weighted by molar-refractivity contribution is 0.0983. The van der Waals surface area contributed by atoms with E-state index >= 15 is 0 Å². The van der Waals surface area contributed by atoms with Crippen LogP contribution >= 0.6 is 11.3 Å². The van der Waals surface area contributed by atoms with Crippen LogP contribution in [0.25, 0.3) is 10.2 Å². The van der Waals surface area contributed by atoms with Crippen molar-refractivity contribution in [2.75, 3.05) is 18.6 Å². The molecule has 2 aromatic heterocycles. The number of rotatable bonds is 7. The Kier molecular flexibility index (Phi) is 6.83. The Labute approximate surface area is 214 Å². The van der Waals surface area contributed by atoms with Gasteiger partial charge in [0.2, 0.25) is 10.0 Å². The van der Waals surface area contributed by atoms with Crippen molar-refractivity contribution in [3.8, 4) is 5.75 Å². The number of hydrogen-bond donors (Lipinski definition) is 0. The molecular weight excluding hydrogens is 498 g/mol. The van der Waals surface area contributed by atoms with E-state index in [1.165, 1.54) is 23.5 Å². The van der Waals surface area contributed by atoms with E-state index in [1.54, 1.807) is 46.8 Å². The van der Waals surface area contributed by atoms with E-state index in [0.29, 0.717) is 34.3 Å². The van der Waals surface area contributed by atoms with Gasteiger partial charge in [0, 0.05) is 18.2 Å². The summed E-state index contributed by atoms with van der Waals surface area (Å²) < 4.78 is 39.8. The van der Waals surface area contributed by atoms with Gasteiger partial charge in [-0.2, -0.15) is 4.31 Å². The van der Waals surface area contributed by atoms with Crippen LogP contribution in [-0.4, -0.2) is 43.3 Å². The van der Waals surface area contributed by atoms with Crippen LogP contribution in [-0.2, 0) is 16.6 Å². The maximum absolute atomic E-state index is 13.7. The Morgan fingerprint density at radius 1 is 1.17 bits per heavy atom. The third kappa shape index (κ3) is 4.63. The third-order valence-electron chi connectivity index (χ3n) is 6.41. The van der Waals surface area contributed by atoms with Crippen LogP contribution in [0.1, 0.15) is 42.3 Å². The predicted molar refractivity (Wildman–Crippen MR) is 139 cm³/mol. The highest BCUT2D eigenvalue weighted by atomic mass is 32.2. The number of furan rings is 1. The molecule has 1 saturated heterocycles. The molecule has 1 amide bonds. The molecule has 0 N–H and O–H groups in total. The lowest BCUT2D eigenvalue weighted by Gasteiger charge is -2.32. The molecule has 1 fully saturated rings. The minimum Gasteiger partial charge on any atom is -0.494 e. The number of amides is 1. The largest absolute Gasteiger partial charge is 0.494 e. The number of piperidine rings is 1. The van der Waals surface area contributed by atoms with E-state index in [2.05, 4.69) is 0 Å². The zero-order chi connectivity index (χ0) is 25.3. The number of carbonyl (C=O) groups is 1. The summed E-state index contributed by atoms with van der Waals surface area (Å²) in [5.74, 6) is 0.925. The molecule has 8 nitrogen and oxygen atoms in total. The molecule has 4 aromatic rings. The topological polar surface area (TPSA) is 92.9 Å². The molecule has 1 aliphatic heterocycles. The number of fused-ring (bicyclic) bond motifs is 1. The van der Waals surface area contributed by atoms with Gasteiger partial charge in [-0.25, -0.2) is 13.4 Å². The van der Waals surface area contributed by atoms with Gasteiger partial charge in [0.05, 0.1) is 29.5 Å². The highest BCUT2D eigenvalue weighted by Crippen LogP contribution is 2.35. The molecule has 0 radical (unpaired) electrons. The van der Waals surface area contributed by atoms with Gasteiger partial charge in [-0.3, -0.25) is 9.69 Å². The number of thiazole rings is 1. The standard InChI is InChI=1S/C26H27N3O5S2/c1-18-7-3-4-15-29(18)36(31,32)21-13-11-19(12-14-21)25(30)28(17-20-8-6-16-34-20)26-27-24-22(33-2)9-5-10-23(24)35-26/h5-6,8-14,16,18H,3-4,7,15,17H2,1-2H3. The normalized spacial score (nSPS) is 16.8. The molecule has 1 aliphatic rings. The van der Waals surface area contributed by atoms with Crippen LogP contribution in [0.2, 0.25) is 0 Å². The summed E-state index contributed by atoms with van der Waals surface area (Å²) in [7, 11) is -2.04. The van der Waals surface area contributed by atoms with Gasteiger partial charge in [0.1, 0.15) is 17.0 Å². The average Bonchev–Trinajstić information content (AvgIpc) is 3.57. The number of benzene rings is 2. The molecule has 5 rings (SSSR count). The smallest absolute Gasteiger partial charge is 0.260 e. The van der Waals surface area contributed by atoms with E-state index < -0.39 is 10.0 Å². The molecule has 0 aliphatic carbocycles. The number of aromatic nitrogens is 1. The van der Waals surface area contributed by atoms with E-state index in [4.69, 9.17) is 14.1 Å². The predicted octanol–water partition coefficient (Wildman–Crippen LogP) is 5.31. The van der Waals surface area contributed by atoms with E-state index in [1.807, 2.05) is 25.1 Å². The number of hydrogen-bond acceptors (Lipinski definition) is 7. The maximum Gasteiger partial charge on any atom is 0.260 e. The molecule has 0 bridgehead atoms. The monoisotopic (exact) mass is 525 g/mol. The first kappa shape index (κ1) is 24.5. The second-order valence-electron chi connectivity index (χ2n) is 8.76. The number of para-hydroxylation sites is 1. The quantitative estimate of drug-likeness (QED) is 0.325. The van der Waals surface area contributed by atoms with Crippen LogP contribution < -0.4 is 9.64 Å². The van der Waals surface area contributed by atoms with Gasteiger partial charge >= 0.3 is 0 Å². The summed E-state index contributed by atoms with van der Waals surface area (Å²) in [6, 6.07) is 15.3. The first-order valence-corrected chi connectivity index (χ1v) is 14.0. The first-order chi connectivity index (χ1) is 17.4. The summed E-state index contributed by atoms with van der Waals surface area (Å²) in [4.78, 5) is 20.1. The van der Waals surface area contributed by atoms with Gasteiger partial charge < -0.3 is 9.15 Å². The number of nitrogens with zero attached hydrogens (tertiary/aromatic N) is 3. The number of sulfonamides is 1. The number of carbonyl (C=O) groups excluding carboxylic acids is 1.